The largest absolute Gasteiger partial charge is 0.386 e. The summed E-state index contributed by atoms with van der Waals surface area (Å²) < 4.78 is 16.2. The number of para-hydroxylation sites is 1. The van der Waals surface area contributed by atoms with E-state index in [1.165, 1.54) is 6.07 Å². The summed E-state index contributed by atoms with van der Waals surface area (Å²) in [5.74, 6) is 0.588. The van der Waals surface area contributed by atoms with E-state index in [1.807, 2.05) is 18.2 Å². The van der Waals surface area contributed by atoms with Gasteiger partial charge in [-0.1, -0.05) is 24.3 Å². The highest BCUT2D eigenvalue weighted by molar-refractivity contribution is 5.84. The zero-order valence-corrected chi connectivity index (χ0v) is 16.3. The molecule has 0 spiro atoms. The molecule has 4 aromatic rings. The van der Waals surface area contributed by atoms with Crippen LogP contribution in [0.25, 0.3) is 28.0 Å². The monoisotopic (exact) mass is 388 g/mol. The van der Waals surface area contributed by atoms with Crippen LogP contribution in [0.15, 0.2) is 54.9 Å². The number of hydrogen-bond donors (Lipinski definition) is 1. The van der Waals surface area contributed by atoms with Crippen molar-refractivity contribution in [2.75, 3.05) is 0 Å². The van der Waals surface area contributed by atoms with E-state index in [1.54, 1.807) is 43.1 Å². The van der Waals surface area contributed by atoms with Crippen molar-refractivity contribution in [2.45, 2.75) is 38.2 Å². The first kappa shape index (κ1) is 17.9. The number of nitrogens with zero attached hydrogens (tertiary/aromatic N) is 4. The minimum Gasteiger partial charge on any atom is -0.386 e. The first-order chi connectivity index (χ1) is 13.9. The summed E-state index contributed by atoms with van der Waals surface area (Å²) in [7, 11) is 0. The first-order valence-corrected chi connectivity index (χ1v) is 9.74. The van der Waals surface area contributed by atoms with E-state index in [-0.39, 0.29) is 5.82 Å². The Morgan fingerprint density at radius 1 is 1.07 bits per heavy atom. The Hall–Kier alpha value is -3.12. The van der Waals surface area contributed by atoms with Crippen molar-refractivity contribution >= 4 is 10.9 Å². The van der Waals surface area contributed by atoms with Gasteiger partial charge in [0.2, 0.25) is 0 Å². The van der Waals surface area contributed by atoms with E-state index in [0.29, 0.717) is 28.6 Å². The fourth-order valence-electron chi connectivity index (χ4n) is 3.60. The minimum atomic E-state index is -1.06. The van der Waals surface area contributed by atoms with Crippen LogP contribution in [0, 0.1) is 5.82 Å². The van der Waals surface area contributed by atoms with E-state index < -0.39 is 5.60 Å². The van der Waals surface area contributed by atoms with Crippen LogP contribution < -0.4 is 0 Å². The van der Waals surface area contributed by atoms with Gasteiger partial charge in [0.05, 0.1) is 16.8 Å². The Labute approximate surface area is 167 Å². The van der Waals surface area contributed by atoms with E-state index in [2.05, 4.69) is 16.0 Å². The zero-order valence-electron chi connectivity index (χ0n) is 16.3. The molecule has 2 aromatic heterocycles. The molecule has 2 aromatic carbocycles. The molecule has 0 amide bonds. The number of rotatable bonds is 4. The Morgan fingerprint density at radius 2 is 1.79 bits per heavy atom. The number of benzene rings is 2. The molecule has 0 aliphatic heterocycles. The standard InChI is InChI=1S/C23H21FN4O/c1-23(2,29)16-9-10-19(24)18(11-16)15-12-25-22(26-13-15)28-20-6-4-3-5-17(20)21(27-28)14-7-8-14/h3-6,9-14,29H,7-8H2,1-2H3. The molecule has 5 rings (SSSR count). The van der Waals surface area contributed by atoms with Gasteiger partial charge in [-0.25, -0.2) is 14.4 Å². The van der Waals surface area contributed by atoms with Crippen molar-refractivity contribution in [3.05, 3.63) is 71.9 Å². The Balaban J connectivity index is 1.56. The van der Waals surface area contributed by atoms with Gasteiger partial charge in [0.15, 0.2) is 0 Å². The van der Waals surface area contributed by atoms with Crippen LogP contribution in [0.2, 0.25) is 0 Å². The fraction of sp³-hybridized carbons (Fsp3) is 0.261. The van der Waals surface area contributed by atoms with Crippen molar-refractivity contribution < 1.29 is 9.50 Å². The van der Waals surface area contributed by atoms with Crippen molar-refractivity contribution in [2.24, 2.45) is 0 Å². The van der Waals surface area contributed by atoms with Gasteiger partial charge in [0, 0.05) is 34.8 Å². The number of halogens is 1. The van der Waals surface area contributed by atoms with Crippen molar-refractivity contribution in [1.82, 2.24) is 19.7 Å². The lowest BCUT2D eigenvalue weighted by Gasteiger charge is -2.19. The lowest BCUT2D eigenvalue weighted by atomic mass is 9.95. The van der Waals surface area contributed by atoms with Crippen LogP contribution in [0.5, 0.6) is 0 Å². The lowest BCUT2D eigenvalue weighted by Crippen LogP contribution is -2.15. The highest BCUT2D eigenvalue weighted by Gasteiger charge is 2.29. The molecule has 1 saturated carbocycles. The van der Waals surface area contributed by atoms with Gasteiger partial charge < -0.3 is 5.11 Å². The Bertz CT molecular complexity index is 1200. The number of aromatic nitrogens is 4. The van der Waals surface area contributed by atoms with Crippen LogP contribution in [0.3, 0.4) is 0 Å². The predicted molar refractivity (Wildman–Crippen MR) is 109 cm³/mol. The molecule has 0 atom stereocenters. The summed E-state index contributed by atoms with van der Waals surface area (Å²) in [5, 5.41) is 16.1. The molecule has 0 bridgehead atoms. The van der Waals surface area contributed by atoms with Gasteiger partial charge in [-0.2, -0.15) is 9.78 Å². The number of aliphatic hydroxyl groups is 1. The van der Waals surface area contributed by atoms with Gasteiger partial charge in [0.1, 0.15) is 5.82 Å². The van der Waals surface area contributed by atoms with Crippen molar-refractivity contribution in [3.63, 3.8) is 0 Å². The number of fused-ring (bicyclic) bond motifs is 1. The van der Waals surface area contributed by atoms with E-state index in [9.17, 15) is 9.50 Å². The first-order valence-electron chi connectivity index (χ1n) is 9.74. The summed E-state index contributed by atoms with van der Waals surface area (Å²) in [6.45, 7) is 3.34. The van der Waals surface area contributed by atoms with Crippen LogP contribution in [0.4, 0.5) is 4.39 Å². The van der Waals surface area contributed by atoms with E-state index >= 15 is 0 Å². The molecule has 0 unspecified atom stereocenters. The smallest absolute Gasteiger partial charge is 0.251 e. The van der Waals surface area contributed by atoms with Gasteiger partial charge in [-0.15, -0.1) is 0 Å². The van der Waals surface area contributed by atoms with Crippen LogP contribution >= 0.6 is 0 Å². The third-order valence-corrected chi connectivity index (χ3v) is 5.39. The number of hydrogen-bond acceptors (Lipinski definition) is 4. The average molecular weight is 388 g/mol. The second kappa shape index (κ2) is 6.46. The molecule has 1 fully saturated rings. The molecule has 1 aliphatic rings. The highest BCUT2D eigenvalue weighted by atomic mass is 19.1. The van der Waals surface area contributed by atoms with Crippen LogP contribution in [-0.2, 0) is 5.60 Å². The second-order valence-corrected chi connectivity index (χ2v) is 8.11. The average Bonchev–Trinajstić information content (AvgIpc) is 3.48. The third kappa shape index (κ3) is 3.19. The van der Waals surface area contributed by atoms with Crippen molar-refractivity contribution in [1.29, 1.82) is 0 Å². The maximum atomic E-state index is 14.4. The SMILES string of the molecule is CC(C)(O)c1ccc(F)c(-c2cnc(-n3nc(C4CC4)c4ccccc43)nc2)c1. The van der Waals surface area contributed by atoms with E-state index in [0.717, 1.165) is 29.4 Å². The maximum absolute atomic E-state index is 14.4. The lowest BCUT2D eigenvalue weighted by molar-refractivity contribution is 0.0786. The molecule has 1 aliphatic carbocycles. The normalized spacial score (nSPS) is 14.5. The molecule has 0 saturated heterocycles. The van der Waals surface area contributed by atoms with Crippen molar-refractivity contribution in [3.8, 4) is 17.1 Å². The van der Waals surface area contributed by atoms with Crippen LogP contribution in [0.1, 0.15) is 43.9 Å². The van der Waals surface area contributed by atoms with Gasteiger partial charge in [-0.05, 0) is 50.5 Å². The Morgan fingerprint density at radius 3 is 2.48 bits per heavy atom. The molecular weight excluding hydrogens is 367 g/mol. The molecular formula is C23H21FN4O. The highest BCUT2D eigenvalue weighted by Crippen LogP contribution is 2.42. The summed E-state index contributed by atoms with van der Waals surface area (Å²) in [5.41, 5.74) is 2.55. The summed E-state index contributed by atoms with van der Waals surface area (Å²) in [6, 6.07) is 12.7. The summed E-state index contributed by atoms with van der Waals surface area (Å²) >= 11 is 0. The van der Waals surface area contributed by atoms with Gasteiger partial charge in [-0.3, -0.25) is 0 Å². The summed E-state index contributed by atoms with van der Waals surface area (Å²) in [4.78, 5) is 8.92. The molecule has 2 heterocycles. The molecule has 29 heavy (non-hydrogen) atoms. The topological polar surface area (TPSA) is 63.8 Å². The quantitative estimate of drug-likeness (QED) is 0.549. The molecule has 146 valence electrons. The van der Waals surface area contributed by atoms with Crippen LogP contribution in [-0.4, -0.2) is 24.9 Å². The third-order valence-electron chi connectivity index (χ3n) is 5.39. The zero-order chi connectivity index (χ0) is 20.2. The molecule has 6 heteroatoms. The van der Waals surface area contributed by atoms with Gasteiger partial charge >= 0.3 is 0 Å². The fourth-order valence-corrected chi connectivity index (χ4v) is 3.60. The summed E-state index contributed by atoms with van der Waals surface area (Å²) in [6.07, 6.45) is 5.53. The second-order valence-electron chi connectivity index (χ2n) is 8.11. The molecule has 5 nitrogen and oxygen atoms in total. The maximum Gasteiger partial charge on any atom is 0.251 e. The van der Waals surface area contributed by atoms with Gasteiger partial charge in [0.25, 0.3) is 5.95 Å². The molecule has 0 radical (unpaired) electrons. The molecule has 1 N–H and O–H groups in total. The Kier molecular flexibility index (Phi) is 3.99. The van der Waals surface area contributed by atoms with E-state index in [4.69, 9.17) is 5.10 Å². The minimum absolute atomic E-state index is 0.361. The predicted octanol–water partition coefficient (Wildman–Crippen LogP) is 4.73.